The number of carbonyl (C=O) groups excluding carboxylic acids is 1. The van der Waals surface area contributed by atoms with Crippen LogP contribution in [0.2, 0.25) is 0 Å². The number of benzene rings is 1. The van der Waals surface area contributed by atoms with E-state index in [-0.39, 0.29) is 11.9 Å². The van der Waals surface area contributed by atoms with Crippen LogP contribution in [0.25, 0.3) is 0 Å². The standard InChI is InChI=1S/C16H26N2O2/c1-4-5-10-20-14-8-6-13(7-9-14)16(19)18-11-15(17)12(2)3/h6-9,12,15H,4-5,10-11,17H2,1-3H3,(H,18,19). The van der Waals surface area contributed by atoms with Gasteiger partial charge in [-0.1, -0.05) is 27.2 Å². The zero-order valence-corrected chi connectivity index (χ0v) is 12.7. The van der Waals surface area contributed by atoms with Crippen LogP contribution in [0.15, 0.2) is 24.3 Å². The van der Waals surface area contributed by atoms with Gasteiger partial charge in [0.15, 0.2) is 0 Å². The zero-order chi connectivity index (χ0) is 15.0. The number of rotatable bonds is 8. The van der Waals surface area contributed by atoms with Gasteiger partial charge in [-0.15, -0.1) is 0 Å². The molecule has 0 aliphatic carbocycles. The summed E-state index contributed by atoms with van der Waals surface area (Å²) in [5.41, 5.74) is 6.53. The molecule has 4 heteroatoms. The summed E-state index contributed by atoms with van der Waals surface area (Å²) in [6, 6.07) is 7.19. The molecule has 1 aromatic carbocycles. The van der Waals surface area contributed by atoms with E-state index in [1.807, 2.05) is 26.0 Å². The Labute approximate surface area is 121 Å². The molecule has 0 radical (unpaired) electrons. The van der Waals surface area contributed by atoms with Crippen LogP contribution in [0.4, 0.5) is 0 Å². The molecule has 0 aromatic heterocycles. The lowest BCUT2D eigenvalue weighted by molar-refractivity contribution is 0.0949. The van der Waals surface area contributed by atoms with E-state index in [0.717, 1.165) is 18.6 Å². The van der Waals surface area contributed by atoms with Crippen LogP contribution in [-0.2, 0) is 0 Å². The first-order valence-electron chi connectivity index (χ1n) is 7.31. The number of carbonyl (C=O) groups is 1. The molecule has 0 heterocycles. The van der Waals surface area contributed by atoms with E-state index >= 15 is 0 Å². The van der Waals surface area contributed by atoms with Gasteiger partial charge in [0.2, 0.25) is 0 Å². The lowest BCUT2D eigenvalue weighted by atomic mass is 10.1. The number of ether oxygens (including phenoxy) is 1. The van der Waals surface area contributed by atoms with E-state index < -0.39 is 0 Å². The fourth-order valence-corrected chi connectivity index (χ4v) is 1.59. The number of hydrogen-bond acceptors (Lipinski definition) is 3. The van der Waals surface area contributed by atoms with E-state index in [4.69, 9.17) is 10.5 Å². The molecule has 1 atom stereocenters. The number of nitrogens with one attached hydrogen (secondary N) is 1. The van der Waals surface area contributed by atoms with Crippen molar-refractivity contribution in [2.45, 2.75) is 39.7 Å². The first kappa shape index (κ1) is 16.5. The molecule has 4 nitrogen and oxygen atoms in total. The Morgan fingerprint density at radius 1 is 1.30 bits per heavy atom. The molecule has 0 fully saturated rings. The van der Waals surface area contributed by atoms with Gasteiger partial charge in [0.1, 0.15) is 5.75 Å². The van der Waals surface area contributed by atoms with Crippen molar-refractivity contribution in [2.75, 3.05) is 13.2 Å². The molecular formula is C16H26N2O2. The van der Waals surface area contributed by atoms with E-state index in [2.05, 4.69) is 12.2 Å². The fourth-order valence-electron chi connectivity index (χ4n) is 1.59. The van der Waals surface area contributed by atoms with Gasteiger partial charge < -0.3 is 15.8 Å². The van der Waals surface area contributed by atoms with Gasteiger partial charge >= 0.3 is 0 Å². The Kier molecular flexibility index (Phi) is 7.09. The summed E-state index contributed by atoms with van der Waals surface area (Å²) in [4.78, 5) is 11.9. The summed E-state index contributed by atoms with van der Waals surface area (Å²) in [5.74, 6) is 1.06. The van der Waals surface area contributed by atoms with Crippen LogP contribution in [-0.4, -0.2) is 25.1 Å². The lowest BCUT2D eigenvalue weighted by Crippen LogP contribution is -2.40. The first-order chi connectivity index (χ1) is 9.54. The van der Waals surface area contributed by atoms with Gasteiger partial charge in [-0.3, -0.25) is 4.79 Å². The molecule has 0 bridgehead atoms. The molecular weight excluding hydrogens is 252 g/mol. The quantitative estimate of drug-likeness (QED) is 0.718. The van der Waals surface area contributed by atoms with Gasteiger partial charge in [-0.2, -0.15) is 0 Å². The Morgan fingerprint density at radius 2 is 1.95 bits per heavy atom. The van der Waals surface area contributed by atoms with Crippen molar-refractivity contribution < 1.29 is 9.53 Å². The van der Waals surface area contributed by atoms with Gasteiger partial charge in [-0.05, 0) is 36.6 Å². The second kappa shape index (κ2) is 8.59. The third-order valence-corrected chi connectivity index (χ3v) is 3.24. The minimum atomic E-state index is -0.0961. The SMILES string of the molecule is CCCCOc1ccc(C(=O)NCC(N)C(C)C)cc1. The van der Waals surface area contributed by atoms with Crippen LogP contribution in [0, 0.1) is 5.92 Å². The van der Waals surface area contributed by atoms with Crippen LogP contribution >= 0.6 is 0 Å². The topological polar surface area (TPSA) is 64.3 Å². The molecule has 0 saturated heterocycles. The minimum absolute atomic E-state index is 0.0180. The van der Waals surface area contributed by atoms with Crippen LogP contribution in [0.3, 0.4) is 0 Å². The summed E-state index contributed by atoms with van der Waals surface area (Å²) in [6.07, 6.45) is 2.14. The molecule has 0 saturated carbocycles. The molecule has 1 rings (SSSR count). The van der Waals surface area contributed by atoms with Crippen molar-refractivity contribution in [3.63, 3.8) is 0 Å². The zero-order valence-electron chi connectivity index (χ0n) is 12.7. The van der Waals surface area contributed by atoms with E-state index in [1.165, 1.54) is 0 Å². The fraction of sp³-hybridized carbons (Fsp3) is 0.562. The Hall–Kier alpha value is -1.55. The average molecular weight is 278 g/mol. The molecule has 3 N–H and O–H groups in total. The van der Waals surface area contributed by atoms with Crippen LogP contribution < -0.4 is 15.8 Å². The van der Waals surface area contributed by atoms with Crippen molar-refractivity contribution in [3.05, 3.63) is 29.8 Å². The second-order valence-corrected chi connectivity index (χ2v) is 5.34. The number of hydrogen-bond donors (Lipinski definition) is 2. The van der Waals surface area contributed by atoms with E-state index in [0.29, 0.717) is 24.6 Å². The Balaban J connectivity index is 2.45. The molecule has 1 aromatic rings. The van der Waals surface area contributed by atoms with Gasteiger partial charge in [-0.25, -0.2) is 0 Å². The van der Waals surface area contributed by atoms with E-state index in [9.17, 15) is 4.79 Å². The van der Waals surface area contributed by atoms with Crippen molar-refractivity contribution in [1.29, 1.82) is 0 Å². The Morgan fingerprint density at radius 3 is 2.50 bits per heavy atom. The highest BCUT2D eigenvalue weighted by Gasteiger charge is 2.10. The smallest absolute Gasteiger partial charge is 0.251 e. The van der Waals surface area contributed by atoms with Crippen molar-refractivity contribution in [1.82, 2.24) is 5.32 Å². The normalized spacial score (nSPS) is 12.2. The number of unbranched alkanes of at least 4 members (excludes halogenated alkanes) is 1. The summed E-state index contributed by atoms with van der Waals surface area (Å²) < 4.78 is 5.56. The number of nitrogens with two attached hydrogens (primary N) is 1. The third kappa shape index (κ3) is 5.61. The van der Waals surface area contributed by atoms with Crippen molar-refractivity contribution in [3.8, 4) is 5.75 Å². The predicted octanol–water partition coefficient (Wildman–Crippen LogP) is 2.58. The highest BCUT2D eigenvalue weighted by Crippen LogP contribution is 2.12. The van der Waals surface area contributed by atoms with Gasteiger partial charge in [0.05, 0.1) is 6.61 Å². The lowest BCUT2D eigenvalue weighted by Gasteiger charge is -2.16. The third-order valence-electron chi connectivity index (χ3n) is 3.24. The maximum atomic E-state index is 11.9. The maximum Gasteiger partial charge on any atom is 0.251 e. The molecule has 0 aliphatic heterocycles. The first-order valence-corrected chi connectivity index (χ1v) is 7.31. The Bertz CT molecular complexity index is 401. The predicted molar refractivity (Wildman–Crippen MR) is 82.0 cm³/mol. The molecule has 20 heavy (non-hydrogen) atoms. The van der Waals surface area contributed by atoms with Crippen molar-refractivity contribution in [2.24, 2.45) is 11.7 Å². The van der Waals surface area contributed by atoms with Gasteiger partial charge in [0, 0.05) is 18.2 Å². The molecule has 1 unspecified atom stereocenters. The summed E-state index contributed by atoms with van der Waals surface area (Å²) in [6.45, 7) is 7.41. The number of amides is 1. The summed E-state index contributed by atoms with van der Waals surface area (Å²) in [5, 5.41) is 2.85. The summed E-state index contributed by atoms with van der Waals surface area (Å²) >= 11 is 0. The van der Waals surface area contributed by atoms with Crippen molar-refractivity contribution >= 4 is 5.91 Å². The van der Waals surface area contributed by atoms with E-state index in [1.54, 1.807) is 12.1 Å². The van der Waals surface area contributed by atoms with Gasteiger partial charge in [0.25, 0.3) is 5.91 Å². The van der Waals surface area contributed by atoms with Crippen LogP contribution in [0.5, 0.6) is 5.75 Å². The highest BCUT2D eigenvalue weighted by atomic mass is 16.5. The maximum absolute atomic E-state index is 11.9. The molecule has 1 amide bonds. The summed E-state index contributed by atoms with van der Waals surface area (Å²) in [7, 11) is 0. The minimum Gasteiger partial charge on any atom is -0.494 e. The molecule has 112 valence electrons. The second-order valence-electron chi connectivity index (χ2n) is 5.34. The largest absolute Gasteiger partial charge is 0.494 e. The highest BCUT2D eigenvalue weighted by molar-refractivity contribution is 5.94. The molecule has 0 spiro atoms. The van der Waals surface area contributed by atoms with Crippen LogP contribution in [0.1, 0.15) is 44.0 Å². The monoisotopic (exact) mass is 278 g/mol. The molecule has 0 aliphatic rings. The average Bonchev–Trinajstić information content (AvgIpc) is 2.45.